The second-order valence-electron chi connectivity index (χ2n) is 11.6. The largest absolute Gasteiger partial charge is 0.330 e. The molecule has 5 rings (SSSR count). The fraction of sp³-hybridized carbons (Fsp3) is 0.333. The van der Waals surface area contributed by atoms with Crippen LogP contribution in [0.1, 0.15) is 62.1 Å². The lowest BCUT2D eigenvalue weighted by Crippen LogP contribution is -2.43. The molecule has 222 valence electrons. The van der Waals surface area contributed by atoms with Gasteiger partial charge in [-0.15, -0.1) is 0 Å². The van der Waals surface area contributed by atoms with Crippen LogP contribution in [0.5, 0.6) is 0 Å². The minimum Gasteiger partial charge on any atom is -0.330 e. The van der Waals surface area contributed by atoms with Crippen LogP contribution < -0.4 is 10.6 Å². The summed E-state index contributed by atoms with van der Waals surface area (Å²) in [7, 11) is 0. The van der Waals surface area contributed by atoms with Crippen molar-refractivity contribution in [2.75, 3.05) is 17.2 Å². The molecule has 1 aliphatic carbocycles. The summed E-state index contributed by atoms with van der Waals surface area (Å²) < 4.78 is 0. The van der Waals surface area contributed by atoms with Crippen LogP contribution in [0.15, 0.2) is 78.9 Å². The summed E-state index contributed by atoms with van der Waals surface area (Å²) in [6.07, 6.45) is 9.02. The maximum absolute atomic E-state index is 13.0. The number of carbonyl (C=O) groups is 4. The average Bonchev–Trinajstić information content (AvgIpc) is 3.53. The van der Waals surface area contributed by atoms with Gasteiger partial charge in [0.15, 0.2) is 0 Å². The summed E-state index contributed by atoms with van der Waals surface area (Å²) in [4.78, 5) is 52.1. The van der Waals surface area contributed by atoms with Gasteiger partial charge in [0.1, 0.15) is 11.8 Å². The molecule has 0 spiro atoms. The number of hydrogen-bond donors (Lipinski definition) is 2. The van der Waals surface area contributed by atoms with Crippen LogP contribution in [0.2, 0.25) is 0 Å². The minimum atomic E-state index is -0.455. The van der Waals surface area contributed by atoms with Gasteiger partial charge in [-0.3, -0.25) is 19.2 Å². The molecule has 3 amide bonds. The highest BCUT2D eigenvalue weighted by atomic mass is 16.2. The Hall–Kier alpha value is -4.52. The number of carbonyl (C=O) groups excluding carboxylic acids is 4. The highest BCUT2D eigenvalue weighted by molar-refractivity contribution is 5.98. The van der Waals surface area contributed by atoms with E-state index in [1.54, 1.807) is 11.8 Å². The Morgan fingerprint density at radius 1 is 0.721 bits per heavy atom. The number of nitrogens with zero attached hydrogens (tertiary/aromatic N) is 1. The first-order valence-corrected chi connectivity index (χ1v) is 15.2. The van der Waals surface area contributed by atoms with Crippen LogP contribution in [-0.2, 0) is 25.6 Å². The zero-order chi connectivity index (χ0) is 30.2. The molecule has 2 aliphatic rings. The minimum absolute atomic E-state index is 0.000784. The van der Waals surface area contributed by atoms with E-state index in [0.717, 1.165) is 48.1 Å². The van der Waals surface area contributed by atoms with Gasteiger partial charge in [-0.1, -0.05) is 73.2 Å². The Morgan fingerprint density at radius 2 is 1.30 bits per heavy atom. The number of rotatable bonds is 9. The van der Waals surface area contributed by atoms with Crippen LogP contribution in [0.4, 0.5) is 11.4 Å². The van der Waals surface area contributed by atoms with Gasteiger partial charge in [-0.05, 0) is 80.0 Å². The zero-order valence-electron chi connectivity index (χ0n) is 24.6. The fourth-order valence-corrected chi connectivity index (χ4v) is 6.02. The molecule has 2 unspecified atom stereocenters. The summed E-state index contributed by atoms with van der Waals surface area (Å²) in [5.74, 6) is -0.129. The Labute approximate surface area is 253 Å². The van der Waals surface area contributed by atoms with E-state index in [0.29, 0.717) is 31.5 Å². The summed E-state index contributed by atoms with van der Waals surface area (Å²) >= 11 is 0. The van der Waals surface area contributed by atoms with Crippen molar-refractivity contribution in [3.8, 4) is 0 Å². The van der Waals surface area contributed by atoms with E-state index < -0.39 is 6.04 Å². The number of amides is 3. The second-order valence-corrected chi connectivity index (χ2v) is 11.6. The summed E-state index contributed by atoms with van der Waals surface area (Å²) in [5.41, 5.74) is 4.36. The smallest absolute Gasteiger partial charge is 0.247 e. The maximum Gasteiger partial charge on any atom is 0.247 e. The van der Waals surface area contributed by atoms with Gasteiger partial charge in [0, 0.05) is 29.8 Å². The Morgan fingerprint density at radius 3 is 1.91 bits per heavy atom. The molecular weight excluding hydrogens is 538 g/mol. The molecule has 2 fully saturated rings. The molecule has 7 heteroatoms. The van der Waals surface area contributed by atoms with E-state index in [4.69, 9.17) is 0 Å². The number of hydrogen-bond acceptors (Lipinski definition) is 4. The van der Waals surface area contributed by atoms with E-state index in [9.17, 15) is 19.2 Å². The molecule has 3 aromatic rings. The second kappa shape index (κ2) is 14.1. The fourth-order valence-electron chi connectivity index (χ4n) is 6.02. The Balaban J connectivity index is 1.11. The number of nitrogens with one attached hydrogen (secondary N) is 2. The van der Waals surface area contributed by atoms with Crippen molar-refractivity contribution in [1.82, 2.24) is 4.90 Å². The van der Waals surface area contributed by atoms with Gasteiger partial charge in [0.05, 0.1) is 6.42 Å². The lowest BCUT2D eigenvalue weighted by atomic mass is 9.79. The number of anilines is 2. The van der Waals surface area contributed by atoms with Crippen molar-refractivity contribution in [3.63, 3.8) is 0 Å². The van der Waals surface area contributed by atoms with Crippen LogP contribution >= 0.6 is 0 Å². The van der Waals surface area contributed by atoms with Gasteiger partial charge >= 0.3 is 0 Å². The van der Waals surface area contributed by atoms with E-state index in [1.165, 1.54) is 0 Å². The van der Waals surface area contributed by atoms with Crippen molar-refractivity contribution in [2.24, 2.45) is 11.8 Å². The van der Waals surface area contributed by atoms with E-state index in [1.807, 2.05) is 91.0 Å². The summed E-state index contributed by atoms with van der Waals surface area (Å²) in [6, 6.07) is 24.4. The van der Waals surface area contributed by atoms with E-state index in [2.05, 4.69) is 10.6 Å². The molecule has 1 saturated heterocycles. The molecule has 1 heterocycles. The molecule has 0 radical (unpaired) electrons. The summed E-state index contributed by atoms with van der Waals surface area (Å²) in [5, 5.41) is 5.98. The molecule has 0 bridgehead atoms. The van der Waals surface area contributed by atoms with Gasteiger partial charge in [0.2, 0.25) is 17.7 Å². The Kier molecular flexibility index (Phi) is 9.82. The van der Waals surface area contributed by atoms with Crippen molar-refractivity contribution in [3.05, 3.63) is 95.6 Å². The van der Waals surface area contributed by atoms with Crippen LogP contribution in [0.3, 0.4) is 0 Å². The molecule has 2 N–H and O–H groups in total. The van der Waals surface area contributed by atoms with Gasteiger partial charge in [0.25, 0.3) is 0 Å². The topological polar surface area (TPSA) is 95.6 Å². The highest BCUT2D eigenvalue weighted by Gasteiger charge is 2.34. The van der Waals surface area contributed by atoms with Gasteiger partial charge in [-0.2, -0.15) is 0 Å². The third kappa shape index (κ3) is 8.07. The average molecular weight is 578 g/mol. The quantitative estimate of drug-likeness (QED) is 0.289. The molecule has 43 heavy (non-hydrogen) atoms. The predicted molar refractivity (Wildman–Crippen MR) is 170 cm³/mol. The van der Waals surface area contributed by atoms with Gasteiger partial charge < -0.3 is 15.5 Å². The van der Waals surface area contributed by atoms with Crippen molar-refractivity contribution in [2.45, 2.75) is 57.9 Å². The molecule has 3 atom stereocenters. The maximum atomic E-state index is 13.0. The van der Waals surface area contributed by atoms with Crippen molar-refractivity contribution >= 4 is 47.0 Å². The number of ketones is 1. The number of likely N-dealkylation sites (tertiary alicyclic amines) is 1. The molecular formula is C36H39N3O4. The summed E-state index contributed by atoms with van der Waals surface area (Å²) in [6.45, 7) is 2.22. The Bertz CT molecular complexity index is 1460. The lowest BCUT2D eigenvalue weighted by molar-refractivity contribution is -0.136. The van der Waals surface area contributed by atoms with E-state index in [-0.39, 0.29) is 35.3 Å². The van der Waals surface area contributed by atoms with Crippen LogP contribution in [-0.4, -0.2) is 41.0 Å². The van der Waals surface area contributed by atoms with E-state index >= 15 is 0 Å². The monoisotopic (exact) mass is 577 g/mol. The highest BCUT2D eigenvalue weighted by Crippen LogP contribution is 2.30. The first kappa shape index (κ1) is 30.0. The van der Waals surface area contributed by atoms with Crippen molar-refractivity contribution in [1.29, 1.82) is 0 Å². The zero-order valence-corrected chi connectivity index (χ0v) is 24.6. The predicted octanol–water partition coefficient (Wildman–Crippen LogP) is 6.36. The molecule has 0 aromatic heterocycles. The SMILES string of the molecule is CC(=O)C1CCC[C@@H](C(=O)Nc2ccc(/C=C/c3ccc(NC(=O)C4CCCN4C(=O)Cc4ccccc4)cc3)cc2)C1. The lowest BCUT2D eigenvalue weighted by Gasteiger charge is -2.26. The third-order valence-corrected chi connectivity index (χ3v) is 8.52. The molecule has 1 saturated carbocycles. The molecule has 7 nitrogen and oxygen atoms in total. The standard InChI is InChI=1S/C36H39N3O4/c1-25(40)29-9-5-10-30(24-29)35(42)37-31-18-14-26(15-19-31)12-13-27-16-20-32(21-17-27)38-36(43)33-11-6-22-39(33)34(41)23-28-7-3-2-4-8-28/h2-4,7-8,12-21,29-30,33H,5-6,9-11,22-24H2,1H3,(H,37,42)(H,38,43)/b13-12+/t29?,30-,33?/m1/s1. The number of benzene rings is 3. The number of Topliss-reactive ketones (excluding diaryl/α,β-unsaturated/α-hetero) is 1. The normalized spacial score (nSPS) is 20.1. The van der Waals surface area contributed by atoms with Crippen molar-refractivity contribution < 1.29 is 19.2 Å². The first-order valence-electron chi connectivity index (χ1n) is 15.2. The van der Waals surface area contributed by atoms with Crippen LogP contribution in [0, 0.1) is 11.8 Å². The first-order chi connectivity index (χ1) is 20.9. The molecule has 3 aromatic carbocycles. The van der Waals surface area contributed by atoms with Gasteiger partial charge in [-0.25, -0.2) is 0 Å². The third-order valence-electron chi connectivity index (χ3n) is 8.52. The van der Waals surface area contributed by atoms with Crippen LogP contribution in [0.25, 0.3) is 12.2 Å². The molecule has 1 aliphatic heterocycles.